The van der Waals surface area contributed by atoms with Crippen molar-refractivity contribution in [1.82, 2.24) is 30.2 Å². The molecule has 2 aromatic carbocycles. The van der Waals surface area contributed by atoms with Crippen molar-refractivity contribution in [3.8, 4) is 22.5 Å². The second-order valence-electron chi connectivity index (χ2n) is 8.23. The Labute approximate surface area is 200 Å². The van der Waals surface area contributed by atoms with E-state index < -0.39 is 5.97 Å². The lowest BCUT2D eigenvalue weighted by atomic mass is 9.98. The Morgan fingerprint density at radius 1 is 1.12 bits per heavy atom. The number of H-pyrrole nitrogens is 1. The zero-order valence-corrected chi connectivity index (χ0v) is 19.8. The van der Waals surface area contributed by atoms with Crippen LogP contribution in [-0.2, 0) is 13.0 Å². The number of fused-ring (bicyclic) bond motifs is 1. The average Bonchev–Trinajstić information content (AvgIpc) is 3.57. The highest BCUT2D eigenvalue weighted by atomic mass is 32.1. The normalized spacial score (nSPS) is 11.4. The molecule has 172 valence electrons. The third kappa shape index (κ3) is 3.99. The molecule has 34 heavy (non-hydrogen) atoms. The second kappa shape index (κ2) is 9.18. The zero-order chi connectivity index (χ0) is 23.7. The number of carboxylic acid groups (broad SMARTS) is 1. The number of aryl methyl sites for hydroxylation is 2. The number of imidazole rings is 1. The number of nitrogens with zero attached hydrogens (tertiary/aromatic N) is 5. The standard InChI is InChI=1S/C25H24N6O2S/c1-3-4-9-20-26-21-15(2)22(25(32)33)34-24(21)31(20)14-16-10-12-17(13-11-16)18-7-5-6-8-19(18)23-27-29-30-28-23/h5-8,10-13H,3-4,9,14H2,1-2H3,(H,32,33)(H,27,28,29,30). The smallest absolute Gasteiger partial charge is 0.346 e. The number of carboxylic acids is 1. The average molecular weight is 473 g/mol. The SMILES string of the molecule is CCCCc1nc2c(C)c(C(=O)O)sc2n1Cc1ccc(-c2ccccc2-c2nnn[nH]2)cc1. The summed E-state index contributed by atoms with van der Waals surface area (Å²) < 4.78 is 2.18. The number of rotatable bonds is 8. The fourth-order valence-electron chi connectivity index (χ4n) is 4.19. The molecule has 3 aromatic heterocycles. The second-order valence-corrected chi connectivity index (χ2v) is 9.22. The number of hydrogen-bond acceptors (Lipinski definition) is 6. The molecule has 8 nitrogen and oxygen atoms in total. The number of thiophene rings is 1. The molecule has 0 bridgehead atoms. The number of aromatic nitrogens is 6. The largest absolute Gasteiger partial charge is 0.477 e. The van der Waals surface area contributed by atoms with Gasteiger partial charge in [-0.1, -0.05) is 61.9 Å². The van der Waals surface area contributed by atoms with Crippen molar-refractivity contribution >= 4 is 27.7 Å². The highest BCUT2D eigenvalue weighted by Crippen LogP contribution is 2.33. The first-order chi connectivity index (χ1) is 16.6. The van der Waals surface area contributed by atoms with Crippen LogP contribution in [0.5, 0.6) is 0 Å². The van der Waals surface area contributed by atoms with Crippen LogP contribution in [0.1, 0.15) is 46.4 Å². The van der Waals surface area contributed by atoms with Gasteiger partial charge < -0.3 is 9.67 Å². The molecule has 0 aliphatic carbocycles. The predicted molar refractivity (Wildman–Crippen MR) is 132 cm³/mol. The molecule has 3 heterocycles. The number of benzene rings is 2. The van der Waals surface area contributed by atoms with Crippen LogP contribution >= 0.6 is 11.3 Å². The Hall–Kier alpha value is -3.85. The minimum atomic E-state index is -0.896. The summed E-state index contributed by atoms with van der Waals surface area (Å²) >= 11 is 1.31. The molecule has 2 N–H and O–H groups in total. The van der Waals surface area contributed by atoms with E-state index in [4.69, 9.17) is 4.98 Å². The van der Waals surface area contributed by atoms with E-state index in [1.165, 1.54) is 11.3 Å². The third-order valence-corrected chi connectivity index (χ3v) is 7.27. The topological polar surface area (TPSA) is 110 Å². The van der Waals surface area contributed by atoms with Gasteiger partial charge in [0, 0.05) is 17.5 Å². The number of nitrogens with one attached hydrogen (secondary N) is 1. The summed E-state index contributed by atoms with van der Waals surface area (Å²) in [5, 5.41) is 23.9. The maximum Gasteiger partial charge on any atom is 0.346 e. The van der Waals surface area contributed by atoms with Crippen LogP contribution in [0.4, 0.5) is 0 Å². The lowest BCUT2D eigenvalue weighted by Gasteiger charge is -2.11. The molecule has 0 radical (unpaired) electrons. The molecule has 0 fully saturated rings. The maximum atomic E-state index is 11.7. The minimum absolute atomic E-state index is 0.363. The van der Waals surface area contributed by atoms with Crippen molar-refractivity contribution in [2.75, 3.05) is 0 Å². The molecule has 0 saturated carbocycles. The van der Waals surface area contributed by atoms with Crippen LogP contribution in [0.2, 0.25) is 0 Å². The van der Waals surface area contributed by atoms with Gasteiger partial charge in [0.1, 0.15) is 21.0 Å². The molecule has 0 spiro atoms. The molecular weight excluding hydrogens is 448 g/mol. The summed E-state index contributed by atoms with van der Waals surface area (Å²) in [5.41, 5.74) is 5.73. The highest BCUT2D eigenvalue weighted by Gasteiger charge is 2.21. The van der Waals surface area contributed by atoms with Crippen molar-refractivity contribution in [2.45, 2.75) is 39.7 Å². The predicted octanol–water partition coefficient (Wildman–Crippen LogP) is 5.34. The van der Waals surface area contributed by atoms with E-state index in [0.717, 1.165) is 63.3 Å². The quantitative estimate of drug-likeness (QED) is 0.315. The Balaban J connectivity index is 1.49. The van der Waals surface area contributed by atoms with Gasteiger partial charge in [-0.05, 0) is 40.5 Å². The summed E-state index contributed by atoms with van der Waals surface area (Å²) in [6.45, 7) is 4.65. The van der Waals surface area contributed by atoms with Gasteiger partial charge in [0.2, 0.25) is 0 Å². The summed E-state index contributed by atoms with van der Waals surface area (Å²) in [6.07, 6.45) is 2.99. The Bertz CT molecular complexity index is 1450. The Morgan fingerprint density at radius 3 is 2.56 bits per heavy atom. The van der Waals surface area contributed by atoms with E-state index in [9.17, 15) is 9.90 Å². The van der Waals surface area contributed by atoms with E-state index in [1.807, 2.05) is 25.1 Å². The number of unbranched alkanes of at least 4 members (excludes halogenated alkanes) is 1. The number of aromatic amines is 1. The Kier molecular flexibility index (Phi) is 5.93. The van der Waals surface area contributed by atoms with Gasteiger partial charge in [-0.2, -0.15) is 0 Å². The lowest BCUT2D eigenvalue weighted by molar-refractivity contribution is 0.0701. The first kappa shape index (κ1) is 22.0. The molecule has 0 saturated heterocycles. The van der Waals surface area contributed by atoms with Crippen LogP contribution in [0.3, 0.4) is 0 Å². The molecule has 9 heteroatoms. The van der Waals surface area contributed by atoms with Gasteiger partial charge in [0.05, 0.1) is 6.54 Å². The van der Waals surface area contributed by atoms with Crippen LogP contribution in [-0.4, -0.2) is 41.3 Å². The van der Waals surface area contributed by atoms with Gasteiger partial charge in [0.15, 0.2) is 5.82 Å². The zero-order valence-electron chi connectivity index (χ0n) is 18.9. The molecule has 0 aliphatic rings. The van der Waals surface area contributed by atoms with Crippen molar-refractivity contribution in [1.29, 1.82) is 0 Å². The monoisotopic (exact) mass is 472 g/mol. The molecule has 5 aromatic rings. The summed E-state index contributed by atoms with van der Waals surface area (Å²) in [4.78, 5) is 17.8. The van der Waals surface area contributed by atoms with Crippen LogP contribution < -0.4 is 0 Å². The molecule has 5 rings (SSSR count). The number of hydrogen-bond donors (Lipinski definition) is 2. The van der Waals surface area contributed by atoms with Crippen molar-refractivity contribution in [2.24, 2.45) is 0 Å². The van der Waals surface area contributed by atoms with Gasteiger partial charge >= 0.3 is 5.97 Å². The molecule has 0 unspecified atom stereocenters. The fraction of sp³-hybridized carbons (Fsp3) is 0.240. The molecule has 0 aliphatic heterocycles. The first-order valence-corrected chi connectivity index (χ1v) is 12.0. The van der Waals surface area contributed by atoms with Gasteiger partial charge in [-0.25, -0.2) is 14.9 Å². The summed E-state index contributed by atoms with van der Waals surface area (Å²) in [5.74, 6) is 0.742. The van der Waals surface area contributed by atoms with Crippen molar-refractivity contribution in [3.05, 3.63) is 70.4 Å². The number of carbonyl (C=O) groups is 1. The lowest BCUT2D eigenvalue weighted by Crippen LogP contribution is -2.05. The van der Waals surface area contributed by atoms with Crippen molar-refractivity contribution < 1.29 is 9.90 Å². The summed E-state index contributed by atoms with van der Waals surface area (Å²) in [6, 6.07) is 16.4. The maximum absolute atomic E-state index is 11.7. The number of tetrazole rings is 1. The highest BCUT2D eigenvalue weighted by molar-refractivity contribution is 7.20. The van der Waals surface area contributed by atoms with E-state index in [-0.39, 0.29) is 0 Å². The van der Waals surface area contributed by atoms with Crippen LogP contribution in [0, 0.1) is 6.92 Å². The van der Waals surface area contributed by atoms with Crippen LogP contribution in [0.15, 0.2) is 48.5 Å². The summed E-state index contributed by atoms with van der Waals surface area (Å²) in [7, 11) is 0. The van der Waals surface area contributed by atoms with Crippen LogP contribution in [0.25, 0.3) is 32.9 Å². The van der Waals surface area contributed by atoms with Gasteiger partial charge in [-0.3, -0.25) is 0 Å². The van der Waals surface area contributed by atoms with Crippen molar-refractivity contribution in [3.63, 3.8) is 0 Å². The fourth-order valence-corrected chi connectivity index (χ4v) is 5.30. The van der Waals surface area contributed by atoms with Gasteiger partial charge in [0.25, 0.3) is 0 Å². The third-order valence-electron chi connectivity index (χ3n) is 5.98. The Morgan fingerprint density at radius 2 is 1.88 bits per heavy atom. The molecule has 0 atom stereocenters. The van der Waals surface area contributed by atoms with E-state index in [1.54, 1.807) is 0 Å². The molecular formula is C25H24N6O2S. The number of aromatic carboxylic acids is 1. The van der Waals surface area contributed by atoms with E-state index in [2.05, 4.69) is 62.4 Å². The first-order valence-electron chi connectivity index (χ1n) is 11.2. The van der Waals surface area contributed by atoms with E-state index >= 15 is 0 Å². The van der Waals surface area contributed by atoms with Gasteiger partial charge in [-0.15, -0.1) is 16.4 Å². The van der Waals surface area contributed by atoms with E-state index in [0.29, 0.717) is 17.2 Å². The molecule has 0 amide bonds. The minimum Gasteiger partial charge on any atom is -0.477 e.